The summed E-state index contributed by atoms with van der Waals surface area (Å²) < 4.78 is 38.8. The zero-order valence-corrected chi connectivity index (χ0v) is 18.3. The van der Waals surface area contributed by atoms with Crippen LogP contribution in [0.3, 0.4) is 0 Å². The Kier molecular flexibility index (Phi) is 6.69. The number of nitrogens with zero attached hydrogens (tertiary/aromatic N) is 3. The van der Waals surface area contributed by atoms with Gasteiger partial charge in [-0.15, -0.1) is 0 Å². The van der Waals surface area contributed by atoms with Gasteiger partial charge in [-0.3, -0.25) is 9.59 Å². The van der Waals surface area contributed by atoms with Gasteiger partial charge in [-0.1, -0.05) is 23.9 Å². The summed E-state index contributed by atoms with van der Waals surface area (Å²) in [5.41, 5.74) is -0.324. The van der Waals surface area contributed by atoms with Gasteiger partial charge in [-0.25, -0.2) is 4.98 Å². The highest BCUT2D eigenvalue weighted by Gasteiger charge is 2.32. The second-order valence-corrected chi connectivity index (χ2v) is 8.55. The molecule has 2 heterocycles. The van der Waals surface area contributed by atoms with Gasteiger partial charge >= 0.3 is 6.18 Å². The van der Waals surface area contributed by atoms with Gasteiger partial charge in [-0.05, 0) is 54.6 Å². The Morgan fingerprint density at radius 3 is 2.00 bits per heavy atom. The number of amides is 2. The van der Waals surface area contributed by atoms with Crippen molar-refractivity contribution in [2.45, 2.75) is 16.1 Å². The molecular formula is C24H20F3N3O2S. The third-order valence-electron chi connectivity index (χ3n) is 5.25. The van der Waals surface area contributed by atoms with E-state index in [1.165, 1.54) is 28.8 Å². The first-order valence-electron chi connectivity index (χ1n) is 10.3. The molecule has 0 atom stereocenters. The molecule has 5 nitrogen and oxygen atoms in total. The molecule has 0 bridgehead atoms. The van der Waals surface area contributed by atoms with E-state index in [-0.39, 0.29) is 24.6 Å². The Morgan fingerprint density at radius 2 is 1.42 bits per heavy atom. The molecule has 1 saturated heterocycles. The SMILES string of the molecule is O=C(c1ccc(Sc2ccccn2)cc1)N1CCN(C(=O)c2cccc(C(F)(F)F)c2)CC1. The molecule has 3 aromatic rings. The number of pyridine rings is 1. The lowest BCUT2D eigenvalue weighted by molar-refractivity contribution is -0.137. The van der Waals surface area contributed by atoms with Gasteiger partial charge < -0.3 is 9.80 Å². The molecule has 0 N–H and O–H groups in total. The fraction of sp³-hybridized carbons (Fsp3) is 0.208. The number of carbonyl (C=O) groups excluding carboxylic acids is 2. The van der Waals surface area contributed by atoms with Gasteiger partial charge in [0.15, 0.2) is 0 Å². The van der Waals surface area contributed by atoms with Crippen molar-refractivity contribution < 1.29 is 22.8 Å². The number of alkyl halides is 3. The van der Waals surface area contributed by atoms with Gasteiger partial charge in [0.1, 0.15) is 5.03 Å². The highest BCUT2D eigenvalue weighted by atomic mass is 32.2. The molecule has 4 rings (SSSR count). The van der Waals surface area contributed by atoms with Gasteiger partial charge in [0.05, 0.1) is 5.56 Å². The van der Waals surface area contributed by atoms with Crippen molar-refractivity contribution in [1.29, 1.82) is 0 Å². The third-order valence-corrected chi connectivity index (χ3v) is 6.21. The van der Waals surface area contributed by atoms with Gasteiger partial charge in [-0.2, -0.15) is 13.2 Å². The largest absolute Gasteiger partial charge is 0.416 e. The van der Waals surface area contributed by atoms with Crippen molar-refractivity contribution in [3.63, 3.8) is 0 Å². The molecule has 33 heavy (non-hydrogen) atoms. The van der Waals surface area contributed by atoms with Crippen LogP contribution in [0.2, 0.25) is 0 Å². The first-order valence-corrected chi connectivity index (χ1v) is 11.1. The average Bonchev–Trinajstić information content (AvgIpc) is 2.84. The Bertz CT molecular complexity index is 1130. The lowest BCUT2D eigenvalue weighted by Crippen LogP contribution is -2.50. The summed E-state index contributed by atoms with van der Waals surface area (Å²) in [5, 5.41) is 0.859. The second kappa shape index (κ2) is 9.66. The van der Waals surface area contributed by atoms with Crippen LogP contribution in [0.1, 0.15) is 26.3 Å². The monoisotopic (exact) mass is 471 g/mol. The molecule has 9 heteroatoms. The van der Waals surface area contributed by atoms with Crippen molar-refractivity contribution in [3.05, 3.63) is 89.6 Å². The standard InChI is InChI=1S/C24H20F3N3O2S/c25-24(26,27)19-5-3-4-18(16-19)23(32)30-14-12-29(13-15-30)22(31)17-7-9-20(10-8-17)33-21-6-1-2-11-28-21/h1-11,16H,12-15H2. The predicted octanol–water partition coefficient (Wildman–Crippen LogP) is 4.85. The normalized spacial score (nSPS) is 14.3. The van der Waals surface area contributed by atoms with Gasteiger partial charge in [0.25, 0.3) is 11.8 Å². The van der Waals surface area contributed by atoms with Gasteiger partial charge in [0, 0.05) is 48.4 Å². The number of piperazine rings is 1. The van der Waals surface area contributed by atoms with Crippen LogP contribution in [0, 0.1) is 0 Å². The van der Waals surface area contributed by atoms with Crippen molar-refractivity contribution in [2.75, 3.05) is 26.2 Å². The van der Waals surface area contributed by atoms with Crippen molar-refractivity contribution in [1.82, 2.24) is 14.8 Å². The second-order valence-electron chi connectivity index (χ2n) is 7.46. The maximum Gasteiger partial charge on any atom is 0.416 e. The Hall–Kier alpha value is -3.33. The highest BCUT2D eigenvalue weighted by molar-refractivity contribution is 7.99. The van der Waals surface area contributed by atoms with Crippen molar-refractivity contribution >= 4 is 23.6 Å². The molecule has 1 aliphatic rings. The summed E-state index contributed by atoms with van der Waals surface area (Å²) >= 11 is 1.50. The summed E-state index contributed by atoms with van der Waals surface area (Å²) in [4.78, 5) is 33.9. The topological polar surface area (TPSA) is 53.5 Å². The molecule has 2 aromatic carbocycles. The zero-order chi connectivity index (χ0) is 23.4. The minimum atomic E-state index is -4.51. The molecule has 1 aliphatic heterocycles. The van der Waals surface area contributed by atoms with Crippen LogP contribution in [0.25, 0.3) is 0 Å². The summed E-state index contributed by atoms with van der Waals surface area (Å²) in [7, 11) is 0. The first kappa shape index (κ1) is 22.8. The van der Waals surface area contributed by atoms with Crippen LogP contribution < -0.4 is 0 Å². The molecule has 0 spiro atoms. The fourth-order valence-electron chi connectivity index (χ4n) is 3.50. The molecule has 0 unspecified atom stereocenters. The van der Waals surface area contributed by atoms with E-state index in [9.17, 15) is 22.8 Å². The minimum Gasteiger partial charge on any atom is -0.335 e. The molecule has 0 aliphatic carbocycles. The van der Waals surface area contributed by atoms with Crippen molar-refractivity contribution in [3.8, 4) is 0 Å². The van der Waals surface area contributed by atoms with E-state index in [4.69, 9.17) is 0 Å². The lowest BCUT2D eigenvalue weighted by Gasteiger charge is -2.35. The van der Waals surface area contributed by atoms with Crippen LogP contribution in [0.4, 0.5) is 13.2 Å². The number of rotatable bonds is 4. The summed E-state index contributed by atoms with van der Waals surface area (Å²) in [5.74, 6) is -0.611. The van der Waals surface area contributed by atoms with Crippen LogP contribution in [-0.4, -0.2) is 52.8 Å². The molecule has 2 amide bonds. The fourth-order valence-corrected chi connectivity index (χ4v) is 4.27. The Balaban J connectivity index is 1.35. The predicted molar refractivity (Wildman–Crippen MR) is 118 cm³/mol. The lowest BCUT2D eigenvalue weighted by atomic mass is 10.1. The summed E-state index contributed by atoms with van der Waals surface area (Å²) in [6.45, 7) is 1.14. The van der Waals surface area contributed by atoms with E-state index < -0.39 is 17.6 Å². The molecule has 0 saturated carbocycles. The number of hydrogen-bond donors (Lipinski definition) is 0. The van der Waals surface area contributed by atoms with E-state index in [0.29, 0.717) is 18.7 Å². The Morgan fingerprint density at radius 1 is 0.788 bits per heavy atom. The van der Waals surface area contributed by atoms with Crippen LogP contribution in [0.15, 0.2) is 82.8 Å². The van der Waals surface area contributed by atoms with Crippen LogP contribution in [0.5, 0.6) is 0 Å². The maximum absolute atomic E-state index is 12.9. The van der Waals surface area contributed by atoms with E-state index in [1.807, 2.05) is 30.3 Å². The van der Waals surface area contributed by atoms with Gasteiger partial charge in [0.2, 0.25) is 0 Å². The Labute approximate surface area is 193 Å². The van der Waals surface area contributed by atoms with E-state index in [1.54, 1.807) is 23.2 Å². The maximum atomic E-state index is 12.9. The van der Waals surface area contributed by atoms with Crippen LogP contribution >= 0.6 is 11.8 Å². The highest BCUT2D eigenvalue weighted by Crippen LogP contribution is 2.30. The van der Waals surface area contributed by atoms with Crippen LogP contribution in [-0.2, 0) is 6.18 Å². The third kappa shape index (κ3) is 5.54. The number of halogens is 3. The van der Waals surface area contributed by atoms with E-state index >= 15 is 0 Å². The number of carbonyl (C=O) groups is 2. The average molecular weight is 472 g/mol. The smallest absolute Gasteiger partial charge is 0.335 e. The molecule has 1 aromatic heterocycles. The minimum absolute atomic E-state index is 0.00871. The van der Waals surface area contributed by atoms with E-state index in [2.05, 4.69) is 4.98 Å². The summed E-state index contributed by atoms with van der Waals surface area (Å²) in [6, 6.07) is 17.3. The quantitative estimate of drug-likeness (QED) is 0.546. The first-order chi connectivity index (χ1) is 15.8. The molecule has 170 valence electrons. The number of hydrogen-bond acceptors (Lipinski definition) is 4. The molecule has 1 fully saturated rings. The number of benzene rings is 2. The summed E-state index contributed by atoms with van der Waals surface area (Å²) in [6.07, 6.45) is -2.79. The van der Waals surface area contributed by atoms with Crippen molar-refractivity contribution in [2.24, 2.45) is 0 Å². The number of aromatic nitrogens is 1. The zero-order valence-electron chi connectivity index (χ0n) is 17.5. The molecule has 0 radical (unpaired) electrons. The van der Waals surface area contributed by atoms with E-state index in [0.717, 1.165) is 22.1 Å². The molecular weight excluding hydrogens is 451 g/mol.